The van der Waals surface area contributed by atoms with Crippen molar-refractivity contribution in [2.75, 3.05) is 23.9 Å². The molecule has 0 radical (unpaired) electrons. The van der Waals surface area contributed by atoms with E-state index in [0.29, 0.717) is 40.6 Å². The highest BCUT2D eigenvalue weighted by Gasteiger charge is 2.40. The number of amides is 2. The molecule has 34 heavy (non-hydrogen) atoms. The van der Waals surface area contributed by atoms with Gasteiger partial charge in [-0.25, -0.2) is 4.90 Å². The third kappa shape index (κ3) is 4.53. The molecule has 0 bridgehead atoms. The molecule has 0 aromatic heterocycles. The average molecular weight is 457 g/mol. The summed E-state index contributed by atoms with van der Waals surface area (Å²) in [4.78, 5) is 28.5. The number of hydrogen-bond acceptors (Lipinski definition) is 5. The van der Waals surface area contributed by atoms with Crippen LogP contribution in [0.5, 0.6) is 11.5 Å². The van der Waals surface area contributed by atoms with Crippen molar-refractivity contribution < 1.29 is 19.1 Å². The highest BCUT2D eigenvalue weighted by atomic mass is 16.5. The van der Waals surface area contributed by atoms with E-state index in [1.54, 1.807) is 31.4 Å². The zero-order valence-corrected chi connectivity index (χ0v) is 19.8. The molecule has 174 valence electrons. The van der Waals surface area contributed by atoms with Gasteiger partial charge in [-0.1, -0.05) is 37.3 Å². The fourth-order valence-corrected chi connectivity index (χ4v) is 3.82. The first-order valence-electron chi connectivity index (χ1n) is 11.3. The number of carbonyl (C=O) groups is 2. The number of anilines is 2. The number of nitrogens with one attached hydrogen (secondary N) is 1. The predicted molar refractivity (Wildman–Crippen MR) is 134 cm³/mol. The Morgan fingerprint density at radius 2 is 1.62 bits per heavy atom. The van der Waals surface area contributed by atoms with Crippen LogP contribution in [0, 0.1) is 13.8 Å². The van der Waals surface area contributed by atoms with Crippen LogP contribution >= 0.6 is 0 Å². The summed E-state index contributed by atoms with van der Waals surface area (Å²) < 4.78 is 11.0. The largest absolute Gasteiger partial charge is 0.497 e. The standard InChI is InChI=1S/C28H28N2O4/c1-5-14-34-24-11-6-8-21(16-24)29-26-25(20-13-12-18(2)19(3)15-20)27(31)30(28(26)32)22-9-7-10-23(17-22)33-4/h6-13,15-17,29H,5,14H2,1-4H3. The molecule has 4 rings (SSSR count). The van der Waals surface area contributed by atoms with Crippen molar-refractivity contribution >= 4 is 28.8 Å². The summed E-state index contributed by atoms with van der Waals surface area (Å²) in [6.07, 6.45) is 0.891. The molecule has 1 heterocycles. The Kier molecular flexibility index (Phi) is 6.68. The number of carbonyl (C=O) groups excluding carboxylic acids is 2. The average Bonchev–Trinajstić information content (AvgIpc) is 3.08. The van der Waals surface area contributed by atoms with Crippen molar-refractivity contribution in [2.24, 2.45) is 0 Å². The summed E-state index contributed by atoms with van der Waals surface area (Å²) >= 11 is 0. The van der Waals surface area contributed by atoms with Crippen molar-refractivity contribution in [2.45, 2.75) is 27.2 Å². The Morgan fingerprint density at radius 1 is 0.853 bits per heavy atom. The lowest BCUT2D eigenvalue weighted by atomic mass is 9.99. The number of ether oxygens (including phenoxy) is 2. The molecule has 1 aliphatic rings. The predicted octanol–water partition coefficient (Wildman–Crippen LogP) is 5.50. The minimum Gasteiger partial charge on any atom is -0.497 e. The van der Waals surface area contributed by atoms with Gasteiger partial charge in [0.2, 0.25) is 0 Å². The third-order valence-electron chi connectivity index (χ3n) is 5.77. The first-order chi connectivity index (χ1) is 16.4. The number of benzene rings is 3. The maximum atomic E-state index is 13.7. The first kappa shape index (κ1) is 23.1. The van der Waals surface area contributed by atoms with Gasteiger partial charge in [0.05, 0.1) is 25.0 Å². The van der Waals surface area contributed by atoms with Crippen molar-refractivity contribution in [1.29, 1.82) is 0 Å². The number of nitrogens with zero attached hydrogens (tertiary/aromatic N) is 1. The molecule has 1 N–H and O–H groups in total. The van der Waals surface area contributed by atoms with Crippen molar-refractivity contribution in [3.63, 3.8) is 0 Å². The van der Waals surface area contributed by atoms with Crippen molar-refractivity contribution in [1.82, 2.24) is 0 Å². The molecule has 0 aliphatic carbocycles. The first-order valence-corrected chi connectivity index (χ1v) is 11.3. The summed E-state index contributed by atoms with van der Waals surface area (Å²) in [6.45, 7) is 6.64. The molecule has 3 aromatic rings. The molecule has 0 fully saturated rings. The minimum absolute atomic E-state index is 0.226. The van der Waals surface area contributed by atoms with Crippen LogP contribution in [-0.2, 0) is 9.59 Å². The summed E-state index contributed by atoms with van der Waals surface area (Å²) in [6, 6.07) is 20.1. The summed E-state index contributed by atoms with van der Waals surface area (Å²) in [5, 5.41) is 3.21. The van der Waals surface area contributed by atoms with Crippen LogP contribution in [-0.4, -0.2) is 25.5 Å². The maximum Gasteiger partial charge on any atom is 0.282 e. The molecule has 0 saturated heterocycles. The number of methoxy groups -OCH3 is 1. The van der Waals surface area contributed by atoms with Gasteiger partial charge in [-0.3, -0.25) is 9.59 Å². The van der Waals surface area contributed by atoms with E-state index in [1.807, 2.05) is 63.2 Å². The molecule has 0 saturated carbocycles. The highest BCUT2D eigenvalue weighted by molar-refractivity contribution is 6.46. The fourth-order valence-electron chi connectivity index (χ4n) is 3.82. The Morgan fingerprint density at radius 3 is 2.35 bits per heavy atom. The number of rotatable bonds is 8. The van der Waals surface area contributed by atoms with Gasteiger partial charge in [-0.05, 0) is 61.2 Å². The normalized spacial score (nSPS) is 13.5. The van der Waals surface area contributed by atoms with Crippen LogP contribution in [0.2, 0.25) is 0 Å². The van der Waals surface area contributed by atoms with Gasteiger partial charge in [0.1, 0.15) is 17.2 Å². The van der Waals surface area contributed by atoms with Gasteiger partial charge >= 0.3 is 0 Å². The quantitative estimate of drug-likeness (QED) is 0.454. The fraction of sp³-hybridized carbons (Fsp3) is 0.214. The van der Waals surface area contributed by atoms with E-state index >= 15 is 0 Å². The molecule has 1 aliphatic heterocycles. The molecule has 6 heteroatoms. The third-order valence-corrected chi connectivity index (χ3v) is 5.77. The Hall–Kier alpha value is -4.06. The number of aryl methyl sites for hydroxylation is 2. The topological polar surface area (TPSA) is 67.9 Å². The molecule has 0 atom stereocenters. The van der Waals surface area contributed by atoms with Crippen LogP contribution in [0.4, 0.5) is 11.4 Å². The van der Waals surface area contributed by atoms with E-state index in [4.69, 9.17) is 9.47 Å². The highest BCUT2D eigenvalue weighted by Crippen LogP contribution is 2.35. The van der Waals surface area contributed by atoms with Crippen LogP contribution in [0.25, 0.3) is 5.57 Å². The zero-order chi connectivity index (χ0) is 24.2. The van der Waals surface area contributed by atoms with Crippen LogP contribution < -0.4 is 19.7 Å². The SMILES string of the molecule is CCCOc1cccc(NC2=C(c3ccc(C)c(C)c3)C(=O)N(c3cccc(OC)c3)C2=O)c1. The molecule has 6 nitrogen and oxygen atoms in total. The lowest BCUT2D eigenvalue weighted by molar-refractivity contribution is -0.120. The van der Waals surface area contributed by atoms with Crippen LogP contribution in [0.15, 0.2) is 72.4 Å². The molecule has 0 spiro atoms. The second kappa shape index (κ2) is 9.83. The smallest absolute Gasteiger partial charge is 0.282 e. The molecule has 3 aromatic carbocycles. The Balaban J connectivity index is 1.79. The van der Waals surface area contributed by atoms with Gasteiger partial charge in [-0.15, -0.1) is 0 Å². The Bertz CT molecular complexity index is 1280. The van der Waals surface area contributed by atoms with Crippen molar-refractivity contribution in [3.8, 4) is 11.5 Å². The van der Waals surface area contributed by atoms with E-state index in [2.05, 4.69) is 5.32 Å². The lowest BCUT2D eigenvalue weighted by Gasteiger charge is -2.16. The summed E-state index contributed by atoms with van der Waals surface area (Å²) in [7, 11) is 1.55. The summed E-state index contributed by atoms with van der Waals surface area (Å²) in [5.74, 6) is 0.448. The van der Waals surface area contributed by atoms with Gasteiger partial charge in [0.15, 0.2) is 0 Å². The minimum atomic E-state index is -0.425. The monoisotopic (exact) mass is 456 g/mol. The van der Waals surface area contributed by atoms with E-state index in [1.165, 1.54) is 4.90 Å². The molecular weight excluding hydrogens is 428 g/mol. The number of imide groups is 1. The van der Waals surface area contributed by atoms with Crippen LogP contribution in [0.3, 0.4) is 0 Å². The summed E-state index contributed by atoms with van der Waals surface area (Å²) in [5.41, 5.74) is 4.51. The van der Waals surface area contributed by atoms with E-state index in [0.717, 1.165) is 17.5 Å². The maximum absolute atomic E-state index is 13.7. The van der Waals surface area contributed by atoms with Crippen molar-refractivity contribution in [3.05, 3.63) is 89.1 Å². The molecule has 0 unspecified atom stereocenters. The molecular formula is C28H28N2O4. The van der Waals surface area contributed by atoms with Gasteiger partial charge in [-0.2, -0.15) is 0 Å². The van der Waals surface area contributed by atoms with Gasteiger partial charge in [0, 0.05) is 17.8 Å². The Labute approximate surface area is 199 Å². The zero-order valence-electron chi connectivity index (χ0n) is 19.8. The van der Waals surface area contributed by atoms with Gasteiger partial charge < -0.3 is 14.8 Å². The van der Waals surface area contributed by atoms with E-state index in [9.17, 15) is 9.59 Å². The second-order valence-corrected chi connectivity index (χ2v) is 8.20. The van der Waals surface area contributed by atoms with E-state index in [-0.39, 0.29) is 11.6 Å². The second-order valence-electron chi connectivity index (χ2n) is 8.20. The lowest BCUT2D eigenvalue weighted by Crippen LogP contribution is -2.32. The van der Waals surface area contributed by atoms with E-state index < -0.39 is 5.91 Å². The number of hydrogen-bond donors (Lipinski definition) is 1. The van der Waals surface area contributed by atoms with Gasteiger partial charge in [0.25, 0.3) is 11.8 Å². The molecule has 2 amide bonds. The van der Waals surface area contributed by atoms with Crippen LogP contribution in [0.1, 0.15) is 30.0 Å².